The second kappa shape index (κ2) is 6.54. The molecule has 4 nitrogen and oxygen atoms in total. The molecule has 1 heterocycles. The van der Waals surface area contributed by atoms with Gasteiger partial charge in [0, 0.05) is 6.20 Å². The van der Waals surface area contributed by atoms with E-state index >= 15 is 0 Å². The van der Waals surface area contributed by atoms with Gasteiger partial charge in [0.1, 0.15) is 11.4 Å². The van der Waals surface area contributed by atoms with E-state index in [1.807, 2.05) is 6.92 Å². The van der Waals surface area contributed by atoms with Gasteiger partial charge in [-0.1, -0.05) is 12.8 Å². The van der Waals surface area contributed by atoms with Gasteiger partial charge in [0.15, 0.2) is 0 Å². The lowest BCUT2D eigenvalue weighted by molar-refractivity contribution is 0.0527. The number of aromatic nitrogens is 1. The van der Waals surface area contributed by atoms with Crippen LogP contribution in [-0.4, -0.2) is 23.6 Å². The topological polar surface area (TPSA) is 51.2 Å². The molecule has 0 amide bonds. The van der Waals surface area contributed by atoms with E-state index in [9.17, 15) is 4.79 Å². The third kappa shape index (κ3) is 3.49. The summed E-state index contributed by atoms with van der Waals surface area (Å²) in [6.07, 6.45) is 7.72. The third-order valence-electron chi connectivity index (χ3n) is 2.22. The molecule has 1 unspecified atom stereocenters. The second-order valence-corrected chi connectivity index (χ2v) is 3.39. The highest BCUT2D eigenvalue weighted by Crippen LogP contribution is 2.14. The van der Waals surface area contributed by atoms with E-state index in [0.717, 1.165) is 6.42 Å². The molecule has 0 saturated carbocycles. The van der Waals surface area contributed by atoms with Crippen molar-refractivity contribution in [2.75, 3.05) is 11.9 Å². The van der Waals surface area contributed by atoms with E-state index in [1.165, 1.54) is 0 Å². The zero-order chi connectivity index (χ0) is 12.7. The quantitative estimate of drug-likeness (QED) is 0.624. The summed E-state index contributed by atoms with van der Waals surface area (Å²) in [5.41, 5.74) is 0.406. The highest BCUT2D eigenvalue weighted by atomic mass is 16.5. The Balaban J connectivity index is 2.92. The Morgan fingerprint density at radius 2 is 2.41 bits per heavy atom. The van der Waals surface area contributed by atoms with Crippen molar-refractivity contribution in [1.29, 1.82) is 0 Å². The van der Waals surface area contributed by atoms with Crippen LogP contribution in [0, 0.1) is 12.3 Å². The Labute approximate surface area is 101 Å². The van der Waals surface area contributed by atoms with Crippen LogP contribution in [0.2, 0.25) is 0 Å². The number of hydrogen-bond acceptors (Lipinski definition) is 4. The molecule has 17 heavy (non-hydrogen) atoms. The lowest BCUT2D eigenvalue weighted by atomic mass is 10.2. The molecular weight excluding hydrogens is 216 g/mol. The zero-order valence-electron chi connectivity index (χ0n) is 10.1. The van der Waals surface area contributed by atoms with Gasteiger partial charge in [-0.15, -0.1) is 6.42 Å². The van der Waals surface area contributed by atoms with E-state index in [1.54, 1.807) is 25.3 Å². The van der Waals surface area contributed by atoms with Crippen molar-refractivity contribution in [3.63, 3.8) is 0 Å². The number of esters is 1. The van der Waals surface area contributed by atoms with Gasteiger partial charge in [-0.2, -0.15) is 0 Å². The maximum absolute atomic E-state index is 11.7. The first-order valence-electron chi connectivity index (χ1n) is 5.57. The molecule has 0 spiro atoms. The number of ether oxygens (including phenoxy) is 1. The molecule has 1 rings (SSSR count). The molecule has 0 aromatic carbocycles. The lowest BCUT2D eigenvalue weighted by Crippen LogP contribution is -2.19. The summed E-state index contributed by atoms with van der Waals surface area (Å²) in [5.74, 6) is 2.67. The Kier molecular flexibility index (Phi) is 5.02. The van der Waals surface area contributed by atoms with Gasteiger partial charge in [0.05, 0.1) is 12.6 Å². The summed E-state index contributed by atoms with van der Waals surface area (Å²) in [6, 6.07) is 3.21. The molecule has 1 aromatic rings. The third-order valence-corrected chi connectivity index (χ3v) is 2.22. The molecule has 1 atom stereocenters. The van der Waals surface area contributed by atoms with Crippen molar-refractivity contribution in [2.24, 2.45) is 0 Å². The monoisotopic (exact) mass is 232 g/mol. The molecule has 4 heteroatoms. The van der Waals surface area contributed by atoms with Crippen LogP contribution in [0.4, 0.5) is 5.82 Å². The minimum absolute atomic E-state index is 0.141. The minimum atomic E-state index is -0.394. The second-order valence-electron chi connectivity index (χ2n) is 3.39. The molecule has 0 bridgehead atoms. The van der Waals surface area contributed by atoms with E-state index in [2.05, 4.69) is 16.2 Å². The number of nitrogens with zero attached hydrogens (tertiary/aromatic N) is 1. The Morgan fingerprint density at radius 1 is 1.65 bits per heavy atom. The first-order chi connectivity index (χ1) is 8.22. The number of rotatable bonds is 5. The maximum Gasteiger partial charge on any atom is 0.341 e. The Hall–Kier alpha value is -2.02. The number of pyridine rings is 1. The van der Waals surface area contributed by atoms with Crippen molar-refractivity contribution in [3.05, 3.63) is 23.9 Å². The van der Waals surface area contributed by atoms with Gasteiger partial charge in [-0.3, -0.25) is 0 Å². The average molecular weight is 232 g/mol. The van der Waals surface area contributed by atoms with Crippen LogP contribution in [0.25, 0.3) is 0 Å². The van der Waals surface area contributed by atoms with Crippen molar-refractivity contribution in [1.82, 2.24) is 4.98 Å². The lowest BCUT2D eigenvalue weighted by Gasteiger charge is -2.13. The molecule has 1 aromatic heterocycles. The van der Waals surface area contributed by atoms with Gasteiger partial charge in [0.2, 0.25) is 0 Å². The van der Waals surface area contributed by atoms with Gasteiger partial charge < -0.3 is 10.1 Å². The predicted octanol–water partition coefficient (Wildman–Crippen LogP) is 2.08. The van der Waals surface area contributed by atoms with Crippen LogP contribution in [0.15, 0.2) is 18.3 Å². The number of nitrogens with one attached hydrogen (secondary N) is 1. The van der Waals surface area contributed by atoms with Crippen molar-refractivity contribution in [2.45, 2.75) is 26.3 Å². The van der Waals surface area contributed by atoms with Gasteiger partial charge in [0.25, 0.3) is 0 Å². The summed E-state index contributed by atoms with van der Waals surface area (Å²) in [5, 5.41) is 3.04. The van der Waals surface area contributed by atoms with Crippen LogP contribution in [0.1, 0.15) is 30.6 Å². The van der Waals surface area contributed by atoms with Crippen molar-refractivity contribution < 1.29 is 9.53 Å². The number of hydrogen-bond donors (Lipinski definition) is 1. The van der Waals surface area contributed by atoms with Gasteiger partial charge >= 0.3 is 5.97 Å². The van der Waals surface area contributed by atoms with Crippen LogP contribution in [0.3, 0.4) is 0 Å². The number of anilines is 1. The smallest absolute Gasteiger partial charge is 0.341 e. The van der Waals surface area contributed by atoms with E-state index in [4.69, 9.17) is 11.2 Å². The summed E-state index contributed by atoms with van der Waals surface area (Å²) < 4.78 is 4.95. The van der Waals surface area contributed by atoms with E-state index in [-0.39, 0.29) is 6.04 Å². The molecule has 0 fully saturated rings. The van der Waals surface area contributed by atoms with Gasteiger partial charge in [-0.25, -0.2) is 9.78 Å². The number of terminal acetylenes is 1. The summed E-state index contributed by atoms with van der Waals surface area (Å²) >= 11 is 0. The minimum Gasteiger partial charge on any atom is -0.462 e. The summed E-state index contributed by atoms with van der Waals surface area (Å²) in [7, 11) is 0. The van der Waals surface area contributed by atoms with Crippen LogP contribution < -0.4 is 5.32 Å². The highest BCUT2D eigenvalue weighted by Gasteiger charge is 2.14. The average Bonchev–Trinajstić information content (AvgIpc) is 2.36. The van der Waals surface area contributed by atoms with Crippen molar-refractivity contribution in [3.8, 4) is 12.3 Å². The first kappa shape index (κ1) is 13.0. The predicted molar refractivity (Wildman–Crippen MR) is 66.7 cm³/mol. The maximum atomic E-state index is 11.7. The summed E-state index contributed by atoms with van der Waals surface area (Å²) in [4.78, 5) is 15.8. The Morgan fingerprint density at radius 3 is 3.00 bits per heavy atom. The van der Waals surface area contributed by atoms with Crippen LogP contribution in [0.5, 0.6) is 0 Å². The number of carbonyl (C=O) groups excluding carboxylic acids is 1. The molecular formula is C13H16N2O2. The van der Waals surface area contributed by atoms with Crippen LogP contribution >= 0.6 is 0 Å². The molecule has 0 aliphatic rings. The zero-order valence-corrected chi connectivity index (χ0v) is 10.1. The van der Waals surface area contributed by atoms with E-state index < -0.39 is 5.97 Å². The molecule has 0 radical (unpaired) electrons. The summed E-state index contributed by atoms with van der Waals surface area (Å²) in [6.45, 7) is 4.06. The SMILES string of the molecule is C#CC(CC)Nc1ncccc1C(=O)OCC. The standard InChI is InChI=1S/C13H16N2O2/c1-4-10(5-2)15-12-11(8-7-9-14-12)13(16)17-6-3/h1,7-10H,5-6H2,2-3H3,(H,14,15). The normalized spacial score (nSPS) is 11.4. The van der Waals surface area contributed by atoms with Crippen molar-refractivity contribution >= 4 is 11.8 Å². The largest absolute Gasteiger partial charge is 0.462 e. The molecule has 0 aliphatic carbocycles. The fourth-order valence-electron chi connectivity index (χ4n) is 1.32. The highest BCUT2D eigenvalue weighted by molar-refractivity contribution is 5.94. The molecule has 0 saturated heterocycles. The fraction of sp³-hybridized carbons (Fsp3) is 0.385. The van der Waals surface area contributed by atoms with Gasteiger partial charge in [-0.05, 0) is 25.5 Å². The van der Waals surface area contributed by atoms with Crippen LogP contribution in [-0.2, 0) is 4.74 Å². The molecule has 1 N–H and O–H groups in total. The Bertz CT molecular complexity index is 424. The molecule has 0 aliphatic heterocycles. The first-order valence-corrected chi connectivity index (χ1v) is 5.57. The van der Waals surface area contributed by atoms with E-state index in [0.29, 0.717) is 18.0 Å². The fourth-order valence-corrected chi connectivity index (χ4v) is 1.32. The molecule has 90 valence electrons. The number of carbonyl (C=O) groups is 1.